The molecule has 0 fully saturated rings. The van der Waals surface area contributed by atoms with Crippen LogP contribution in [0, 0.1) is 15.5 Å². The summed E-state index contributed by atoms with van der Waals surface area (Å²) < 4.78 is 15.5. The van der Waals surface area contributed by atoms with Crippen molar-refractivity contribution in [1.82, 2.24) is 5.32 Å². The highest BCUT2D eigenvalue weighted by molar-refractivity contribution is 6.04. The third-order valence-corrected chi connectivity index (χ3v) is 5.69. The molecule has 0 unspecified atom stereocenters. The maximum Gasteiger partial charge on any atom is 0.336 e. The topological polar surface area (TPSA) is 117 Å². The molecule has 3 rings (SSSR count). The zero-order valence-electron chi connectivity index (χ0n) is 18.5. The molecule has 1 aliphatic carbocycles. The van der Waals surface area contributed by atoms with Crippen molar-refractivity contribution in [2.75, 3.05) is 21.3 Å². The van der Waals surface area contributed by atoms with Crippen LogP contribution in [0.5, 0.6) is 11.5 Å². The molecular formula is C22H26N2O7. The molecule has 9 heteroatoms. The van der Waals surface area contributed by atoms with E-state index in [1.807, 2.05) is 13.8 Å². The van der Waals surface area contributed by atoms with Crippen molar-refractivity contribution < 1.29 is 28.7 Å². The van der Waals surface area contributed by atoms with Crippen molar-refractivity contribution in [3.8, 4) is 11.5 Å². The third-order valence-electron chi connectivity index (χ3n) is 5.69. The second-order valence-corrected chi connectivity index (χ2v) is 8.44. The highest BCUT2D eigenvalue weighted by Crippen LogP contribution is 2.50. The van der Waals surface area contributed by atoms with E-state index in [2.05, 4.69) is 5.32 Å². The number of methoxy groups -OCH3 is 3. The minimum atomic E-state index is -0.965. The van der Waals surface area contributed by atoms with Crippen molar-refractivity contribution in [2.45, 2.75) is 39.5 Å². The van der Waals surface area contributed by atoms with Gasteiger partial charge in [-0.15, -0.1) is 0 Å². The van der Waals surface area contributed by atoms with Crippen molar-refractivity contribution >= 4 is 17.4 Å². The van der Waals surface area contributed by atoms with Gasteiger partial charge in [0.05, 0.1) is 43.8 Å². The van der Waals surface area contributed by atoms with Crippen molar-refractivity contribution in [3.63, 3.8) is 0 Å². The number of carbonyl (C=O) groups is 2. The molecule has 0 saturated heterocycles. The van der Waals surface area contributed by atoms with Gasteiger partial charge in [-0.25, -0.2) is 4.79 Å². The highest BCUT2D eigenvalue weighted by Gasteiger charge is 2.45. The first-order chi connectivity index (χ1) is 14.5. The molecule has 1 N–H and O–H groups in total. The van der Waals surface area contributed by atoms with E-state index in [-0.39, 0.29) is 45.9 Å². The van der Waals surface area contributed by atoms with E-state index in [1.165, 1.54) is 33.5 Å². The number of ether oxygens (including phenoxy) is 3. The molecule has 0 saturated carbocycles. The number of benzene rings is 1. The summed E-state index contributed by atoms with van der Waals surface area (Å²) in [6, 6.07) is 2.71. The normalized spacial score (nSPS) is 20.1. The predicted molar refractivity (Wildman–Crippen MR) is 112 cm³/mol. The molecule has 166 valence electrons. The summed E-state index contributed by atoms with van der Waals surface area (Å²) in [6.45, 7) is 5.67. The molecule has 0 bridgehead atoms. The summed E-state index contributed by atoms with van der Waals surface area (Å²) in [5, 5.41) is 15.1. The van der Waals surface area contributed by atoms with Gasteiger partial charge in [0.2, 0.25) is 0 Å². The third kappa shape index (κ3) is 3.87. The van der Waals surface area contributed by atoms with Gasteiger partial charge in [0, 0.05) is 29.0 Å². The van der Waals surface area contributed by atoms with Crippen LogP contribution >= 0.6 is 0 Å². The number of allylic oxidation sites excluding steroid dienone is 3. The van der Waals surface area contributed by atoms with Crippen LogP contribution in [0.15, 0.2) is 34.7 Å². The van der Waals surface area contributed by atoms with E-state index >= 15 is 0 Å². The molecule has 1 aromatic rings. The Labute approximate surface area is 180 Å². The summed E-state index contributed by atoms with van der Waals surface area (Å²) in [6.07, 6.45) is 0.829. The average molecular weight is 430 g/mol. The number of dihydropyridines is 1. The first kappa shape index (κ1) is 22.3. The number of hydrogen-bond donors (Lipinski definition) is 1. The van der Waals surface area contributed by atoms with E-state index in [4.69, 9.17) is 14.2 Å². The van der Waals surface area contributed by atoms with E-state index in [1.54, 1.807) is 6.92 Å². The van der Waals surface area contributed by atoms with E-state index in [9.17, 15) is 19.7 Å². The zero-order valence-corrected chi connectivity index (χ0v) is 18.5. The van der Waals surface area contributed by atoms with Gasteiger partial charge in [0.1, 0.15) is 0 Å². The first-order valence-corrected chi connectivity index (χ1v) is 9.77. The van der Waals surface area contributed by atoms with Crippen LogP contribution in [-0.2, 0) is 14.3 Å². The van der Waals surface area contributed by atoms with E-state index in [0.29, 0.717) is 23.4 Å². The maximum atomic E-state index is 13.3. The van der Waals surface area contributed by atoms with Crippen LogP contribution in [-0.4, -0.2) is 38.0 Å². The quantitative estimate of drug-likeness (QED) is 0.429. The van der Waals surface area contributed by atoms with Gasteiger partial charge >= 0.3 is 5.97 Å². The van der Waals surface area contributed by atoms with Gasteiger partial charge in [-0.2, -0.15) is 0 Å². The number of esters is 1. The van der Waals surface area contributed by atoms with Crippen molar-refractivity contribution in [3.05, 3.63) is 50.4 Å². The molecule has 9 nitrogen and oxygen atoms in total. The Morgan fingerprint density at radius 3 is 2.32 bits per heavy atom. The van der Waals surface area contributed by atoms with Gasteiger partial charge in [-0.1, -0.05) is 13.8 Å². The number of rotatable bonds is 5. The van der Waals surface area contributed by atoms with Crippen LogP contribution < -0.4 is 14.8 Å². The Hall–Kier alpha value is -3.36. The maximum absolute atomic E-state index is 13.3. The molecule has 31 heavy (non-hydrogen) atoms. The molecule has 2 aliphatic rings. The zero-order chi connectivity index (χ0) is 23.1. The Balaban J connectivity index is 2.36. The summed E-state index contributed by atoms with van der Waals surface area (Å²) in [5.74, 6) is -1.36. The molecule has 1 aliphatic heterocycles. The largest absolute Gasteiger partial charge is 0.493 e. The number of nitrogens with zero attached hydrogens (tertiary/aromatic N) is 1. The number of hydrogen-bond acceptors (Lipinski definition) is 8. The molecule has 0 aromatic heterocycles. The fraction of sp³-hybridized carbons (Fsp3) is 0.455. The lowest BCUT2D eigenvalue weighted by atomic mass is 9.68. The summed E-state index contributed by atoms with van der Waals surface area (Å²) in [7, 11) is 4.03. The van der Waals surface area contributed by atoms with E-state index in [0.717, 1.165) is 0 Å². The summed E-state index contributed by atoms with van der Waals surface area (Å²) in [5.41, 5.74) is 1.28. The second kappa shape index (κ2) is 8.05. The van der Waals surface area contributed by atoms with Crippen LogP contribution in [0.25, 0.3) is 0 Å². The SMILES string of the molecule is COC(=O)C1=C(C)NC2=C(C(=O)CC(C)(C)C2)[C@@H]1c1cc(OC)c(OC)cc1[N+](=O)[O-]. The molecule has 1 heterocycles. The predicted octanol–water partition coefficient (Wildman–Crippen LogP) is 3.39. The molecule has 1 aromatic carbocycles. The molecule has 0 spiro atoms. The van der Waals surface area contributed by atoms with Gasteiger partial charge in [-0.05, 0) is 24.8 Å². The Kier molecular flexibility index (Phi) is 5.80. The van der Waals surface area contributed by atoms with Crippen molar-refractivity contribution in [1.29, 1.82) is 0 Å². The lowest BCUT2D eigenvalue weighted by molar-refractivity contribution is -0.385. The molecule has 0 amide bonds. The fourth-order valence-electron chi connectivity index (χ4n) is 4.40. The van der Waals surface area contributed by atoms with E-state index < -0.39 is 16.8 Å². The standard InChI is InChI=1S/C22H26N2O7/c1-11-18(21(26)31-6)19(20-13(23-11)9-22(2,3)10-15(20)25)12-7-16(29-4)17(30-5)8-14(12)24(27)28/h7-8,19,23H,9-10H2,1-6H3/t19-/m1/s1. The van der Waals surface area contributed by atoms with Crippen LogP contribution in [0.3, 0.4) is 0 Å². The summed E-state index contributed by atoms with van der Waals surface area (Å²) >= 11 is 0. The number of nitro groups is 1. The Bertz CT molecular complexity index is 1040. The first-order valence-electron chi connectivity index (χ1n) is 9.77. The lowest BCUT2D eigenvalue weighted by Crippen LogP contribution is -2.38. The highest BCUT2D eigenvalue weighted by atomic mass is 16.6. The Morgan fingerprint density at radius 1 is 1.16 bits per heavy atom. The average Bonchev–Trinajstić information content (AvgIpc) is 2.70. The lowest BCUT2D eigenvalue weighted by Gasteiger charge is -2.39. The van der Waals surface area contributed by atoms with Gasteiger partial charge < -0.3 is 19.5 Å². The number of nitrogens with one attached hydrogen (secondary N) is 1. The van der Waals surface area contributed by atoms with Crippen LogP contribution in [0.1, 0.15) is 45.1 Å². The smallest absolute Gasteiger partial charge is 0.336 e. The van der Waals surface area contributed by atoms with Gasteiger partial charge in [-0.3, -0.25) is 14.9 Å². The number of nitro benzene ring substituents is 1. The van der Waals surface area contributed by atoms with Gasteiger partial charge in [0.25, 0.3) is 5.69 Å². The molecule has 0 radical (unpaired) electrons. The minimum absolute atomic E-state index is 0.157. The fourth-order valence-corrected chi connectivity index (χ4v) is 4.40. The monoisotopic (exact) mass is 430 g/mol. The minimum Gasteiger partial charge on any atom is -0.493 e. The van der Waals surface area contributed by atoms with Crippen LogP contribution in [0.2, 0.25) is 0 Å². The molecular weight excluding hydrogens is 404 g/mol. The van der Waals surface area contributed by atoms with Crippen LogP contribution in [0.4, 0.5) is 5.69 Å². The van der Waals surface area contributed by atoms with Crippen molar-refractivity contribution in [2.24, 2.45) is 5.41 Å². The number of Topliss-reactive ketones (excluding diaryl/α,β-unsaturated/α-hetero) is 1. The summed E-state index contributed by atoms with van der Waals surface area (Å²) in [4.78, 5) is 37.4. The molecule has 1 atom stereocenters. The van der Waals surface area contributed by atoms with Gasteiger partial charge in [0.15, 0.2) is 17.3 Å². The number of ketones is 1. The second-order valence-electron chi connectivity index (χ2n) is 8.44. The Morgan fingerprint density at radius 2 is 1.77 bits per heavy atom. The number of carbonyl (C=O) groups excluding carboxylic acids is 2.